The van der Waals surface area contributed by atoms with E-state index in [4.69, 9.17) is 0 Å². The highest BCUT2D eigenvalue weighted by molar-refractivity contribution is 6.79. The molecule has 0 rings (SSSR count). The van der Waals surface area contributed by atoms with Gasteiger partial charge in [-0.15, -0.1) is 0 Å². The third-order valence-corrected chi connectivity index (χ3v) is 5.06. The summed E-state index contributed by atoms with van der Waals surface area (Å²) in [6.45, 7) is 4.70. The molecular weight excluding hydrogens is 169 g/mol. The lowest BCUT2D eigenvalue weighted by atomic mass is 10.4. The van der Waals surface area contributed by atoms with Gasteiger partial charge in [0.15, 0.2) is 8.07 Å². The van der Waals surface area contributed by atoms with E-state index < -0.39 is 13.9 Å². The van der Waals surface area contributed by atoms with E-state index in [1.54, 1.807) is 0 Å². The molecule has 0 aromatic heterocycles. The molecule has 0 aliphatic heterocycles. The van der Waals surface area contributed by atoms with Gasteiger partial charge >= 0.3 is 5.80 Å². The Kier molecular flexibility index (Phi) is 3.61. The Bertz CT molecular complexity index is 117. The predicted molar refractivity (Wildman–Crippen MR) is 43.3 cm³/mol. The number of halogens is 3. The fourth-order valence-corrected chi connectivity index (χ4v) is 2.28. The maximum absolute atomic E-state index is 12.2. The summed E-state index contributed by atoms with van der Waals surface area (Å²) in [6.07, 6.45) is 1.56. The van der Waals surface area contributed by atoms with Crippen molar-refractivity contribution < 1.29 is 13.2 Å². The first-order valence-corrected chi connectivity index (χ1v) is 7.08. The van der Waals surface area contributed by atoms with E-state index in [-0.39, 0.29) is 0 Å². The number of hydrogen-bond acceptors (Lipinski definition) is 0. The van der Waals surface area contributed by atoms with Gasteiger partial charge in [0.2, 0.25) is 0 Å². The van der Waals surface area contributed by atoms with Crippen LogP contribution in [0.15, 0.2) is 0 Å². The molecule has 0 heterocycles. The Morgan fingerprint density at radius 1 is 1.18 bits per heavy atom. The summed E-state index contributed by atoms with van der Waals surface area (Å²) in [4.78, 5) is 0. The predicted octanol–water partition coefficient (Wildman–Crippen LogP) is 3.60. The molecule has 0 aliphatic rings. The Labute approximate surface area is 66.8 Å². The molecule has 68 valence electrons. The minimum atomic E-state index is -3.91. The third-order valence-electron chi connectivity index (χ3n) is 1.92. The van der Waals surface area contributed by atoms with E-state index in [1.165, 1.54) is 13.1 Å². The van der Waals surface area contributed by atoms with Crippen molar-refractivity contribution in [1.29, 1.82) is 0 Å². The van der Waals surface area contributed by atoms with Gasteiger partial charge in [0, 0.05) is 0 Å². The molecule has 0 bridgehead atoms. The average molecular weight is 184 g/mol. The first-order valence-electron chi connectivity index (χ1n) is 3.88. The van der Waals surface area contributed by atoms with Gasteiger partial charge in [-0.1, -0.05) is 32.9 Å². The van der Waals surface area contributed by atoms with Crippen molar-refractivity contribution in [2.45, 2.75) is 44.7 Å². The van der Waals surface area contributed by atoms with Gasteiger partial charge in [-0.05, 0) is 6.04 Å². The molecule has 0 amide bonds. The van der Waals surface area contributed by atoms with E-state index in [0.29, 0.717) is 12.5 Å². The Morgan fingerprint density at radius 2 is 1.64 bits per heavy atom. The Hall–Kier alpha value is 0.00688. The molecule has 0 radical (unpaired) electrons. The smallest absolute Gasteiger partial charge is 0.177 e. The van der Waals surface area contributed by atoms with E-state index in [1.807, 2.05) is 6.92 Å². The lowest BCUT2D eigenvalue weighted by Crippen LogP contribution is -2.44. The van der Waals surface area contributed by atoms with Crippen LogP contribution in [0.1, 0.15) is 19.8 Å². The molecule has 0 N–H and O–H groups in total. The van der Waals surface area contributed by atoms with Crippen molar-refractivity contribution in [3.63, 3.8) is 0 Å². The molecule has 0 aromatic rings. The summed E-state index contributed by atoms with van der Waals surface area (Å²) in [5.74, 6) is -3.91. The third kappa shape index (κ3) is 3.27. The number of hydrogen-bond donors (Lipinski definition) is 0. The van der Waals surface area contributed by atoms with Crippen molar-refractivity contribution in [2.75, 3.05) is 0 Å². The first kappa shape index (κ1) is 11.0. The fourth-order valence-electron chi connectivity index (χ4n) is 0.760. The molecule has 0 spiro atoms. The Morgan fingerprint density at radius 3 is 1.91 bits per heavy atom. The van der Waals surface area contributed by atoms with Crippen molar-refractivity contribution in [2.24, 2.45) is 0 Å². The van der Waals surface area contributed by atoms with Crippen LogP contribution < -0.4 is 0 Å². The molecule has 0 unspecified atom stereocenters. The molecule has 0 aliphatic carbocycles. The molecule has 11 heavy (non-hydrogen) atoms. The summed E-state index contributed by atoms with van der Waals surface area (Å²) in [5, 5.41) is 0. The van der Waals surface area contributed by atoms with E-state index in [9.17, 15) is 13.2 Å². The molecule has 0 fully saturated rings. The van der Waals surface area contributed by atoms with E-state index in [0.717, 1.165) is 6.42 Å². The molecule has 0 saturated carbocycles. The largest absolute Gasteiger partial charge is 0.361 e. The van der Waals surface area contributed by atoms with Crippen molar-refractivity contribution >= 4 is 8.07 Å². The van der Waals surface area contributed by atoms with Crippen LogP contribution in [-0.2, 0) is 0 Å². The van der Waals surface area contributed by atoms with Crippen LogP contribution in [0.5, 0.6) is 0 Å². The number of alkyl halides is 3. The minimum Gasteiger partial charge on any atom is -0.177 e. The standard InChI is InChI=1S/C7H15F3Si/c1-4-5-6-11(2,3)7(8,9)10/h4-6H2,1-3H3. The van der Waals surface area contributed by atoms with Crippen LogP contribution >= 0.6 is 0 Å². The highest BCUT2D eigenvalue weighted by Crippen LogP contribution is 2.32. The summed E-state index contributed by atoms with van der Waals surface area (Å²) in [5.41, 5.74) is 0. The first-order chi connectivity index (χ1) is 4.81. The molecular formula is C7H15F3Si. The molecule has 0 saturated heterocycles. The topological polar surface area (TPSA) is 0 Å². The zero-order valence-corrected chi connectivity index (χ0v) is 8.26. The number of rotatable bonds is 3. The normalized spacial score (nSPS) is 13.6. The number of unbranched alkanes of at least 4 members (excludes halogenated alkanes) is 1. The van der Waals surface area contributed by atoms with Gasteiger partial charge in [0.1, 0.15) is 0 Å². The second-order valence-electron chi connectivity index (χ2n) is 3.49. The average Bonchev–Trinajstić information content (AvgIpc) is 1.81. The second-order valence-corrected chi connectivity index (χ2v) is 8.32. The zero-order chi connectivity index (χ0) is 9.12. The van der Waals surface area contributed by atoms with Gasteiger partial charge in [-0.3, -0.25) is 0 Å². The summed E-state index contributed by atoms with van der Waals surface area (Å²) in [7, 11) is -2.93. The lowest BCUT2D eigenvalue weighted by Gasteiger charge is -2.24. The van der Waals surface area contributed by atoms with Gasteiger partial charge in [-0.2, -0.15) is 13.2 Å². The highest BCUT2D eigenvalue weighted by Gasteiger charge is 2.48. The van der Waals surface area contributed by atoms with Crippen LogP contribution in [-0.4, -0.2) is 13.9 Å². The molecule has 0 atom stereocenters. The zero-order valence-electron chi connectivity index (χ0n) is 7.26. The van der Waals surface area contributed by atoms with Crippen LogP contribution in [0.3, 0.4) is 0 Å². The van der Waals surface area contributed by atoms with Crippen molar-refractivity contribution in [3.05, 3.63) is 0 Å². The van der Waals surface area contributed by atoms with E-state index >= 15 is 0 Å². The Balaban J connectivity index is 4.00. The second kappa shape index (κ2) is 3.60. The molecule has 0 nitrogen and oxygen atoms in total. The van der Waals surface area contributed by atoms with Crippen LogP contribution in [0.25, 0.3) is 0 Å². The highest BCUT2D eigenvalue weighted by atomic mass is 28.3. The van der Waals surface area contributed by atoms with Gasteiger partial charge in [0.05, 0.1) is 0 Å². The van der Waals surface area contributed by atoms with Crippen LogP contribution in [0, 0.1) is 0 Å². The van der Waals surface area contributed by atoms with E-state index in [2.05, 4.69) is 0 Å². The van der Waals surface area contributed by atoms with Crippen molar-refractivity contribution in [3.8, 4) is 0 Å². The lowest BCUT2D eigenvalue weighted by molar-refractivity contribution is -0.0563. The maximum Gasteiger partial charge on any atom is 0.361 e. The molecule has 0 aromatic carbocycles. The SMILES string of the molecule is CCCC[Si](C)(C)C(F)(F)F. The van der Waals surface area contributed by atoms with Crippen LogP contribution in [0.2, 0.25) is 19.1 Å². The summed E-state index contributed by atoms with van der Waals surface area (Å²) < 4.78 is 36.7. The minimum absolute atomic E-state index is 0.368. The monoisotopic (exact) mass is 184 g/mol. The van der Waals surface area contributed by atoms with Gasteiger partial charge in [-0.25, -0.2) is 0 Å². The van der Waals surface area contributed by atoms with Gasteiger partial charge in [0.25, 0.3) is 0 Å². The van der Waals surface area contributed by atoms with Crippen molar-refractivity contribution in [1.82, 2.24) is 0 Å². The summed E-state index contributed by atoms with van der Waals surface area (Å²) >= 11 is 0. The van der Waals surface area contributed by atoms with Gasteiger partial charge < -0.3 is 0 Å². The van der Waals surface area contributed by atoms with Crippen LogP contribution in [0.4, 0.5) is 13.2 Å². The quantitative estimate of drug-likeness (QED) is 0.588. The summed E-state index contributed by atoms with van der Waals surface area (Å²) in [6, 6.07) is 0.368. The molecule has 4 heteroatoms. The fraction of sp³-hybridized carbons (Fsp3) is 1.00. The maximum atomic E-state index is 12.2.